The van der Waals surface area contributed by atoms with Crippen molar-refractivity contribution in [2.75, 3.05) is 23.9 Å². The Hall–Kier alpha value is -0.970. The molecule has 0 N–H and O–H groups in total. The Balaban J connectivity index is 2.14. The molecule has 1 saturated heterocycles. The van der Waals surface area contributed by atoms with E-state index in [2.05, 4.69) is 0 Å². The topological polar surface area (TPSA) is 3.24 Å². The molecule has 1 unspecified atom stereocenters. The quantitative estimate of drug-likeness (QED) is 0.593. The predicted molar refractivity (Wildman–Crippen MR) is 67.1 cm³/mol. The zero-order chi connectivity index (χ0) is 14.0. The van der Waals surface area contributed by atoms with Gasteiger partial charge in [-0.1, -0.05) is 0 Å². The van der Waals surface area contributed by atoms with Crippen LogP contribution in [-0.2, 0) is 6.18 Å². The van der Waals surface area contributed by atoms with Crippen molar-refractivity contribution in [3.8, 4) is 0 Å². The van der Waals surface area contributed by atoms with Crippen molar-refractivity contribution in [1.82, 2.24) is 0 Å². The number of alkyl halides is 4. The van der Waals surface area contributed by atoms with Gasteiger partial charge in [0.1, 0.15) is 5.82 Å². The Kier molecular flexibility index (Phi) is 4.23. The molecule has 0 saturated carbocycles. The van der Waals surface area contributed by atoms with Gasteiger partial charge >= 0.3 is 6.18 Å². The fourth-order valence-electron chi connectivity index (χ4n) is 2.38. The van der Waals surface area contributed by atoms with Crippen LogP contribution in [0.1, 0.15) is 18.4 Å². The van der Waals surface area contributed by atoms with Crippen LogP contribution in [-0.4, -0.2) is 19.0 Å². The average molecular weight is 296 g/mol. The van der Waals surface area contributed by atoms with Crippen molar-refractivity contribution in [3.63, 3.8) is 0 Å². The second-order valence-electron chi connectivity index (χ2n) is 4.74. The summed E-state index contributed by atoms with van der Waals surface area (Å²) >= 11 is 5.66. The Labute approximate surface area is 114 Å². The molecule has 19 heavy (non-hydrogen) atoms. The van der Waals surface area contributed by atoms with E-state index < -0.39 is 17.6 Å². The Morgan fingerprint density at radius 1 is 1.32 bits per heavy atom. The maximum atomic E-state index is 13.8. The van der Waals surface area contributed by atoms with Gasteiger partial charge in [-0.3, -0.25) is 0 Å². The van der Waals surface area contributed by atoms with Gasteiger partial charge in [-0.05, 0) is 37.0 Å². The molecule has 106 valence electrons. The van der Waals surface area contributed by atoms with Crippen molar-refractivity contribution >= 4 is 17.3 Å². The molecule has 0 bridgehead atoms. The van der Waals surface area contributed by atoms with E-state index in [9.17, 15) is 17.6 Å². The van der Waals surface area contributed by atoms with Crippen molar-refractivity contribution in [3.05, 3.63) is 29.6 Å². The van der Waals surface area contributed by atoms with Gasteiger partial charge in [0.05, 0.1) is 11.3 Å². The molecule has 1 aromatic carbocycles. The first kappa shape index (κ1) is 14.4. The molecular weight excluding hydrogens is 282 g/mol. The minimum atomic E-state index is -4.51. The molecule has 2 rings (SSSR count). The van der Waals surface area contributed by atoms with Crippen LogP contribution >= 0.6 is 11.6 Å². The molecule has 0 radical (unpaired) electrons. The molecule has 1 heterocycles. The summed E-state index contributed by atoms with van der Waals surface area (Å²) in [7, 11) is 0. The van der Waals surface area contributed by atoms with Crippen molar-refractivity contribution < 1.29 is 17.6 Å². The van der Waals surface area contributed by atoms with Gasteiger partial charge in [-0.2, -0.15) is 13.2 Å². The van der Waals surface area contributed by atoms with Gasteiger partial charge in [-0.25, -0.2) is 4.39 Å². The molecule has 0 aliphatic carbocycles. The van der Waals surface area contributed by atoms with E-state index in [1.807, 2.05) is 0 Å². The SMILES string of the molecule is Fc1cc(C(F)(F)F)ccc1N1CCC(CCCl)C1. The van der Waals surface area contributed by atoms with Crippen molar-refractivity contribution in [1.29, 1.82) is 0 Å². The van der Waals surface area contributed by atoms with E-state index in [4.69, 9.17) is 11.6 Å². The number of benzene rings is 1. The fourth-order valence-corrected chi connectivity index (χ4v) is 2.69. The molecule has 0 aromatic heterocycles. The van der Waals surface area contributed by atoms with Crippen LogP contribution in [0.3, 0.4) is 0 Å². The van der Waals surface area contributed by atoms with E-state index in [0.29, 0.717) is 31.0 Å². The number of hydrogen-bond donors (Lipinski definition) is 0. The molecule has 1 aliphatic heterocycles. The standard InChI is InChI=1S/C13H14ClF4N/c14-5-3-9-4-6-19(8-9)12-2-1-10(7-11(12)15)13(16,17)18/h1-2,7,9H,3-6,8H2. The highest BCUT2D eigenvalue weighted by Gasteiger charge is 2.32. The number of nitrogens with zero attached hydrogens (tertiary/aromatic N) is 1. The first-order chi connectivity index (χ1) is 8.91. The highest BCUT2D eigenvalue weighted by molar-refractivity contribution is 6.17. The van der Waals surface area contributed by atoms with Gasteiger partial charge in [0.2, 0.25) is 0 Å². The molecule has 1 atom stereocenters. The van der Waals surface area contributed by atoms with Crippen molar-refractivity contribution in [2.24, 2.45) is 5.92 Å². The Morgan fingerprint density at radius 3 is 2.63 bits per heavy atom. The first-order valence-corrected chi connectivity index (χ1v) is 6.63. The highest BCUT2D eigenvalue weighted by atomic mass is 35.5. The lowest BCUT2D eigenvalue weighted by Gasteiger charge is -2.20. The first-order valence-electron chi connectivity index (χ1n) is 6.09. The van der Waals surface area contributed by atoms with Crippen LogP contribution in [0, 0.1) is 11.7 Å². The van der Waals surface area contributed by atoms with E-state index in [1.54, 1.807) is 4.90 Å². The summed E-state index contributed by atoms with van der Waals surface area (Å²) in [5.74, 6) is 0.120. The summed E-state index contributed by atoms with van der Waals surface area (Å²) in [4.78, 5) is 1.78. The fraction of sp³-hybridized carbons (Fsp3) is 0.538. The molecule has 6 heteroatoms. The van der Waals surface area contributed by atoms with Crippen LogP contribution in [0.5, 0.6) is 0 Å². The van der Waals surface area contributed by atoms with E-state index in [1.165, 1.54) is 6.07 Å². The summed E-state index contributed by atoms with van der Waals surface area (Å²) in [5.41, 5.74) is -0.713. The number of halogens is 5. The lowest BCUT2D eigenvalue weighted by atomic mass is 10.1. The molecular formula is C13H14ClF4N. The number of hydrogen-bond acceptors (Lipinski definition) is 1. The van der Waals surface area contributed by atoms with Gasteiger partial charge in [0.25, 0.3) is 0 Å². The number of anilines is 1. The lowest BCUT2D eigenvalue weighted by molar-refractivity contribution is -0.137. The lowest BCUT2D eigenvalue weighted by Crippen LogP contribution is -2.21. The minimum absolute atomic E-state index is 0.241. The van der Waals surface area contributed by atoms with Crippen molar-refractivity contribution in [2.45, 2.75) is 19.0 Å². The third-order valence-corrected chi connectivity index (χ3v) is 3.64. The molecule has 0 spiro atoms. The van der Waals surface area contributed by atoms with Crippen LogP contribution in [0.4, 0.5) is 23.2 Å². The molecule has 0 amide bonds. The van der Waals surface area contributed by atoms with Crippen LogP contribution < -0.4 is 4.90 Å². The smallest absolute Gasteiger partial charge is 0.369 e. The van der Waals surface area contributed by atoms with E-state index in [0.717, 1.165) is 18.9 Å². The monoisotopic (exact) mass is 295 g/mol. The second-order valence-corrected chi connectivity index (χ2v) is 5.12. The molecule has 1 nitrogen and oxygen atoms in total. The van der Waals surface area contributed by atoms with Gasteiger partial charge in [0, 0.05) is 19.0 Å². The average Bonchev–Trinajstić information content (AvgIpc) is 2.76. The highest BCUT2D eigenvalue weighted by Crippen LogP contribution is 2.34. The maximum absolute atomic E-state index is 13.8. The van der Waals surface area contributed by atoms with Gasteiger partial charge < -0.3 is 4.90 Å². The molecule has 1 aliphatic rings. The van der Waals surface area contributed by atoms with Crippen LogP contribution in [0.25, 0.3) is 0 Å². The summed E-state index contributed by atoms with van der Waals surface area (Å²) in [6.07, 6.45) is -2.76. The second kappa shape index (κ2) is 5.57. The summed E-state index contributed by atoms with van der Waals surface area (Å²) in [6.45, 7) is 1.30. The molecule has 1 fully saturated rings. The summed E-state index contributed by atoms with van der Waals surface area (Å²) in [5, 5.41) is 0. The third kappa shape index (κ3) is 3.32. The van der Waals surface area contributed by atoms with Crippen LogP contribution in [0.2, 0.25) is 0 Å². The number of rotatable bonds is 3. The normalized spacial score (nSPS) is 20.1. The third-order valence-electron chi connectivity index (χ3n) is 3.42. The summed E-state index contributed by atoms with van der Waals surface area (Å²) in [6, 6.07) is 2.69. The Morgan fingerprint density at radius 2 is 2.05 bits per heavy atom. The zero-order valence-corrected chi connectivity index (χ0v) is 10.9. The Bertz CT molecular complexity index is 447. The van der Waals surface area contributed by atoms with E-state index in [-0.39, 0.29) is 5.69 Å². The minimum Gasteiger partial charge on any atom is -0.369 e. The molecule has 1 aromatic rings. The maximum Gasteiger partial charge on any atom is 0.416 e. The van der Waals surface area contributed by atoms with Crippen LogP contribution in [0.15, 0.2) is 18.2 Å². The van der Waals surface area contributed by atoms with E-state index >= 15 is 0 Å². The van der Waals surface area contributed by atoms with Gasteiger partial charge in [-0.15, -0.1) is 11.6 Å². The summed E-state index contributed by atoms with van der Waals surface area (Å²) < 4.78 is 51.1. The predicted octanol–water partition coefficient (Wildman–Crippen LogP) is 4.30. The van der Waals surface area contributed by atoms with Gasteiger partial charge in [0.15, 0.2) is 0 Å². The zero-order valence-electron chi connectivity index (χ0n) is 10.2. The largest absolute Gasteiger partial charge is 0.416 e.